The van der Waals surface area contributed by atoms with Crippen LogP contribution in [0, 0.1) is 0 Å². The van der Waals surface area contributed by atoms with E-state index in [1.54, 1.807) is 40.2 Å². The van der Waals surface area contributed by atoms with Gasteiger partial charge in [-0.05, 0) is 24.1 Å². The average molecular weight is 267 g/mol. The van der Waals surface area contributed by atoms with Crippen molar-refractivity contribution in [2.75, 3.05) is 34.9 Å². The summed E-state index contributed by atoms with van der Waals surface area (Å²) >= 11 is 0. The monoisotopic (exact) mass is 267 g/mol. The van der Waals surface area contributed by atoms with Crippen LogP contribution in [-0.2, 0) is 11.2 Å². The van der Waals surface area contributed by atoms with Crippen molar-refractivity contribution >= 4 is 5.91 Å². The summed E-state index contributed by atoms with van der Waals surface area (Å²) in [6.45, 7) is 2.20. The van der Waals surface area contributed by atoms with Crippen molar-refractivity contribution in [3.05, 3.63) is 17.7 Å². The minimum Gasteiger partial charge on any atom is -0.493 e. The van der Waals surface area contributed by atoms with Gasteiger partial charge in [-0.25, -0.2) is 0 Å². The summed E-state index contributed by atoms with van der Waals surface area (Å²) in [4.78, 5) is 12.8. The Hall–Kier alpha value is -1.91. The highest BCUT2D eigenvalue weighted by molar-refractivity contribution is 5.72. The molecule has 1 aromatic rings. The molecule has 5 heteroatoms. The maximum absolute atomic E-state index is 11.2. The average Bonchev–Trinajstić information content (AvgIpc) is 2.42. The van der Waals surface area contributed by atoms with E-state index in [2.05, 4.69) is 0 Å². The van der Waals surface area contributed by atoms with Crippen molar-refractivity contribution in [1.82, 2.24) is 4.90 Å². The number of ether oxygens (including phenoxy) is 3. The van der Waals surface area contributed by atoms with E-state index < -0.39 is 0 Å². The van der Waals surface area contributed by atoms with Crippen LogP contribution in [0.15, 0.2) is 12.1 Å². The molecule has 106 valence electrons. The number of carbonyl (C=O) groups is 1. The zero-order chi connectivity index (χ0) is 14.4. The summed E-state index contributed by atoms with van der Waals surface area (Å²) in [7, 11) is 6.52. The number of rotatable bonds is 6. The number of amides is 1. The lowest BCUT2D eigenvalue weighted by Crippen LogP contribution is -2.26. The summed E-state index contributed by atoms with van der Waals surface area (Å²) in [6.07, 6.45) is 0.729. The van der Waals surface area contributed by atoms with E-state index in [0.717, 1.165) is 12.0 Å². The smallest absolute Gasteiger partial charge is 0.219 e. The topological polar surface area (TPSA) is 48.0 Å². The van der Waals surface area contributed by atoms with E-state index in [1.165, 1.54) is 0 Å². The molecule has 0 aliphatic rings. The van der Waals surface area contributed by atoms with Gasteiger partial charge in [-0.3, -0.25) is 4.79 Å². The van der Waals surface area contributed by atoms with Crippen molar-refractivity contribution in [3.8, 4) is 17.2 Å². The Bertz CT molecular complexity index is 420. The Morgan fingerprint density at radius 1 is 1.11 bits per heavy atom. The first kappa shape index (κ1) is 15.1. The molecule has 1 aromatic carbocycles. The number of carbonyl (C=O) groups excluding carboxylic acids is 1. The molecule has 0 aliphatic carbocycles. The van der Waals surface area contributed by atoms with E-state index in [4.69, 9.17) is 14.2 Å². The van der Waals surface area contributed by atoms with E-state index >= 15 is 0 Å². The fourth-order valence-electron chi connectivity index (χ4n) is 1.73. The number of benzene rings is 1. The Morgan fingerprint density at radius 2 is 1.63 bits per heavy atom. The molecular weight excluding hydrogens is 246 g/mol. The van der Waals surface area contributed by atoms with Crippen LogP contribution < -0.4 is 14.2 Å². The Morgan fingerprint density at radius 3 is 2.00 bits per heavy atom. The lowest BCUT2D eigenvalue weighted by molar-refractivity contribution is -0.127. The molecule has 0 unspecified atom stereocenters. The molecule has 1 rings (SSSR count). The van der Waals surface area contributed by atoms with Crippen LogP contribution in [0.4, 0.5) is 0 Å². The van der Waals surface area contributed by atoms with Crippen LogP contribution in [-0.4, -0.2) is 45.7 Å². The van der Waals surface area contributed by atoms with Crippen LogP contribution in [0.2, 0.25) is 0 Å². The summed E-state index contributed by atoms with van der Waals surface area (Å²) in [5, 5.41) is 0. The highest BCUT2D eigenvalue weighted by Gasteiger charge is 2.13. The third-order valence-electron chi connectivity index (χ3n) is 3.00. The first-order valence-electron chi connectivity index (χ1n) is 6.04. The van der Waals surface area contributed by atoms with Crippen molar-refractivity contribution in [2.24, 2.45) is 0 Å². The first-order chi connectivity index (χ1) is 9.03. The predicted octanol–water partition coefficient (Wildman–Crippen LogP) is 1.73. The van der Waals surface area contributed by atoms with Gasteiger partial charge in [-0.1, -0.05) is 0 Å². The molecule has 1 amide bonds. The van der Waals surface area contributed by atoms with Crippen molar-refractivity contribution in [2.45, 2.75) is 13.3 Å². The zero-order valence-electron chi connectivity index (χ0n) is 12.1. The van der Waals surface area contributed by atoms with Gasteiger partial charge in [0.05, 0.1) is 21.3 Å². The number of hydrogen-bond acceptors (Lipinski definition) is 4. The van der Waals surface area contributed by atoms with Gasteiger partial charge >= 0.3 is 0 Å². The lowest BCUT2D eigenvalue weighted by atomic mass is 10.1. The Balaban J connectivity index is 2.93. The molecule has 0 atom stereocenters. The maximum Gasteiger partial charge on any atom is 0.219 e. The van der Waals surface area contributed by atoms with E-state index in [-0.39, 0.29) is 5.91 Å². The number of likely N-dealkylation sites (N-methyl/N-ethyl adjacent to an activating group) is 1. The maximum atomic E-state index is 11.2. The summed E-state index contributed by atoms with van der Waals surface area (Å²) in [5.74, 6) is 1.88. The Kier molecular flexibility index (Phi) is 5.48. The molecule has 19 heavy (non-hydrogen) atoms. The van der Waals surface area contributed by atoms with Gasteiger partial charge in [0, 0.05) is 20.5 Å². The predicted molar refractivity (Wildman–Crippen MR) is 73.1 cm³/mol. The second kappa shape index (κ2) is 6.87. The molecule has 0 radical (unpaired) electrons. The largest absolute Gasteiger partial charge is 0.493 e. The van der Waals surface area contributed by atoms with Crippen molar-refractivity contribution in [3.63, 3.8) is 0 Å². The highest BCUT2D eigenvalue weighted by atomic mass is 16.5. The Labute approximate surface area is 114 Å². The summed E-state index contributed by atoms with van der Waals surface area (Å²) < 4.78 is 15.8. The standard InChI is InChI=1S/C14H21NO4/c1-10(16)15(2)7-6-11-8-12(17-3)14(19-5)13(9-11)18-4/h8-9H,6-7H2,1-5H3. The molecule has 0 N–H and O–H groups in total. The van der Waals surface area contributed by atoms with Crippen molar-refractivity contribution in [1.29, 1.82) is 0 Å². The summed E-state index contributed by atoms with van der Waals surface area (Å²) in [5.41, 5.74) is 1.03. The van der Waals surface area contributed by atoms with E-state index in [9.17, 15) is 4.79 Å². The first-order valence-corrected chi connectivity index (χ1v) is 6.04. The van der Waals surface area contributed by atoms with Gasteiger partial charge in [0.15, 0.2) is 11.5 Å². The van der Waals surface area contributed by atoms with Gasteiger partial charge in [-0.2, -0.15) is 0 Å². The zero-order valence-corrected chi connectivity index (χ0v) is 12.1. The molecule has 0 saturated heterocycles. The number of nitrogens with zero attached hydrogens (tertiary/aromatic N) is 1. The number of methoxy groups -OCH3 is 3. The van der Waals surface area contributed by atoms with Gasteiger partial charge in [0.1, 0.15) is 0 Å². The minimum atomic E-state index is 0.0486. The van der Waals surface area contributed by atoms with Gasteiger partial charge in [0.2, 0.25) is 11.7 Å². The van der Waals surface area contributed by atoms with Crippen LogP contribution in [0.5, 0.6) is 17.2 Å². The lowest BCUT2D eigenvalue weighted by Gasteiger charge is -2.17. The molecule has 0 saturated carbocycles. The molecule has 0 spiro atoms. The second-order valence-corrected chi connectivity index (χ2v) is 4.22. The molecule has 0 fully saturated rings. The molecule has 0 heterocycles. The quantitative estimate of drug-likeness (QED) is 0.787. The van der Waals surface area contributed by atoms with Crippen molar-refractivity contribution < 1.29 is 19.0 Å². The van der Waals surface area contributed by atoms with Crippen LogP contribution in [0.1, 0.15) is 12.5 Å². The second-order valence-electron chi connectivity index (χ2n) is 4.22. The van der Waals surface area contributed by atoms with Gasteiger partial charge in [-0.15, -0.1) is 0 Å². The number of hydrogen-bond donors (Lipinski definition) is 0. The van der Waals surface area contributed by atoms with Crippen LogP contribution in [0.3, 0.4) is 0 Å². The minimum absolute atomic E-state index is 0.0486. The fraction of sp³-hybridized carbons (Fsp3) is 0.500. The van der Waals surface area contributed by atoms with Crippen LogP contribution in [0.25, 0.3) is 0 Å². The van der Waals surface area contributed by atoms with Crippen LogP contribution >= 0.6 is 0 Å². The fourth-order valence-corrected chi connectivity index (χ4v) is 1.73. The van der Waals surface area contributed by atoms with Gasteiger partial charge in [0.25, 0.3) is 0 Å². The summed E-state index contributed by atoms with van der Waals surface area (Å²) in [6, 6.07) is 3.80. The third kappa shape index (κ3) is 3.77. The van der Waals surface area contributed by atoms with E-state index in [0.29, 0.717) is 23.8 Å². The molecule has 5 nitrogen and oxygen atoms in total. The molecular formula is C14H21NO4. The van der Waals surface area contributed by atoms with Gasteiger partial charge < -0.3 is 19.1 Å². The molecule has 0 aliphatic heterocycles. The SMILES string of the molecule is COc1cc(CCN(C)C(C)=O)cc(OC)c1OC. The normalized spacial score (nSPS) is 9.95. The third-order valence-corrected chi connectivity index (χ3v) is 3.00. The molecule has 0 aromatic heterocycles. The van der Waals surface area contributed by atoms with E-state index in [1.807, 2.05) is 12.1 Å². The highest BCUT2D eigenvalue weighted by Crippen LogP contribution is 2.38. The molecule has 0 bridgehead atoms.